The maximum Gasteiger partial charge on any atom is 0.407 e. The summed E-state index contributed by atoms with van der Waals surface area (Å²) in [4.78, 5) is 22.6. The molecule has 9 nitrogen and oxygen atoms in total. The largest absolute Gasteiger partial charge is 0.488 e. The van der Waals surface area contributed by atoms with Crippen molar-refractivity contribution in [2.24, 2.45) is 0 Å². The van der Waals surface area contributed by atoms with E-state index in [0.29, 0.717) is 36.9 Å². The minimum atomic E-state index is -0.566. The van der Waals surface area contributed by atoms with Crippen molar-refractivity contribution in [3.63, 3.8) is 0 Å². The molecule has 0 radical (unpaired) electrons. The van der Waals surface area contributed by atoms with Gasteiger partial charge >= 0.3 is 6.09 Å². The van der Waals surface area contributed by atoms with Crippen LogP contribution in [0, 0.1) is 0 Å². The molecule has 9 heteroatoms. The normalized spacial score (nSPS) is 11.0. The summed E-state index contributed by atoms with van der Waals surface area (Å²) in [5.74, 6) is 0.861. The smallest absolute Gasteiger partial charge is 0.407 e. The third kappa shape index (κ3) is 11.9. The van der Waals surface area contributed by atoms with Crippen LogP contribution in [0.25, 0.3) is 0 Å². The van der Waals surface area contributed by atoms with Gasteiger partial charge in [0.2, 0.25) is 0 Å². The summed E-state index contributed by atoms with van der Waals surface area (Å²) in [6.45, 7) is 7.43. The summed E-state index contributed by atoms with van der Waals surface area (Å²) < 4.78 is 26.9. The van der Waals surface area contributed by atoms with E-state index in [9.17, 15) is 9.59 Å². The van der Waals surface area contributed by atoms with Gasteiger partial charge in [0.25, 0.3) is 0 Å². The number of aliphatic hydroxyl groups is 1. The van der Waals surface area contributed by atoms with Gasteiger partial charge in [0.05, 0.1) is 39.6 Å². The number of ether oxygens (including phenoxy) is 5. The van der Waals surface area contributed by atoms with Gasteiger partial charge in [-0.2, -0.15) is 0 Å². The Hall–Kier alpha value is -2.36. The fraction of sp³-hybridized carbons (Fsp3) is 0.600. The van der Waals surface area contributed by atoms with Crippen molar-refractivity contribution in [2.45, 2.75) is 26.4 Å². The Bertz CT molecular complexity index is 615. The molecule has 1 aromatic rings. The number of aliphatic hydroxyl groups excluding tert-OH is 1. The first-order valence-electron chi connectivity index (χ1n) is 9.43. The summed E-state index contributed by atoms with van der Waals surface area (Å²) in [5.41, 5.74) is -0.110. The van der Waals surface area contributed by atoms with Gasteiger partial charge in [-0.1, -0.05) is 0 Å². The van der Waals surface area contributed by atoms with E-state index in [-0.39, 0.29) is 33.0 Å². The Morgan fingerprint density at radius 2 is 1.66 bits per heavy atom. The lowest BCUT2D eigenvalue weighted by Gasteiger charge is -2.19. The van der Waals surface area contributed by atoms with Gasteiger partial charge in [0, 0.05) is 5.56 Å². The maximum atomic E-state index is 11.6. The molecule has 0 aliphatic heterocycles. The second-order valence-electron chi connectivity index (χ2n) is 6.90. The Morgan fingerprint density at radius 1 is 1.00 bits per heavy atom. The number of hydrogen-bond acceptors (Lipinski definition) is 8. The standard InChI is InChI=1S/C20H31NO8/c1-20(2,3)29-19(24)21-6-8-27-17-5-4-16(15-23)14-18(17)28-13-12-26-11-10-25-9-7-22/h4-5,14-15,22H,6-13H2,1-3H3,(H,21,24). The number of hydrogen-bond donors (Lipinski definition) is 2. The molecule has 2 N–H and O–H groups in total. The number of rotatable bonds is 14. The van der Waals surface area contributed by atoms with Crippen LogP contribution in [-0.4, -0.2) is 75.9 Å². The van der Waals surface area contributed by atoms with Crippen LogP contribution in [0.2, 0.25) is 0 Å². The summed E-state index contributed by atoms with van der Waals surface area (Å²) in [5, 5.41) is 11.2. The van der Waals surface area contributed by atoms with Gasteiger partial charge in [0.1, 0.15) is 25.1 Å². The zero-order chi connectivity index (χ0) is 21.5. The van der Waals surface area contributed by atoms with E-state index in [1.807, 2.05) is 0 Å². The molecule has 0 bridgehead atoms. The summed E-state index contributed by atoms with van der Waals surface area (Å²) in [7, 11) is 0. The van der Waals surface area contributed by atoms with Crippen molar-refractivity contribution in [2.75, 3.05) is 52.8 Å². The molecule has 0 heterocycles. The summed E-state index contributed by atoms with van der Waals surface area (Å²) >= 11 is 0. The minimum absolute atomic E-state index is 0.0216. The lowest BCUT2D eigenvalue weighted by molar-refractivity contribution is 0.0244. The number of benzene rings is 1. The number of alkyl carbamates (subject to hydrolysis) is 1. The number of carbonyl (C=O) groups excluding carboxylic acids is 2. The zero-order valence-electron chi connectivity index (χ0n) is 17.3. The fourth-order valence-corrected chi connectivity index (χ4v) is 2.06. The second kappa shape index (κ2) is 13.8. The van der Waals surface area contributed by atoms with E-state index in [2.05, 4.69) is 5.32 Å². The van der Waals surface area contributed by atoms with Crippen LogP contribution in [0.15, 0.2) is 18.2 Å². The lowest BCUT2D eigenvalue weighted by Crippen LogP contribution is -2.34. The van der Waals surface area contributed by atoms with E-state index in [1.165, 1.54) is 0 Å². The van der Waals surface area contributed by atoms with Crippen LogP contribution in [0.5, 0.6) is 11.5 Å². The highest BCUT2D eigenvalue weighted by Crippen LogP contribution is 2.28. The molecule has 29 heavy (non-hydrogen) atoms. The topological polar surface area (TPSA) is 113 Å². The van der Waals surface area contributed by atoms with Crippen molar-refractivity contribution < 1.29 is 38.4 Å². The van der Waals surface area contributed by atoms with Crippen molar-refractivity contribution in [1.82, 2.24) is 5.32 Å². The highest BCUT2D eigenvalue weighted by atomic mass is 16.6. The first-order valence-corrected chi connectivity index (χ1v) is 9.43. The Kier molecular flexibility index (Phi) is 11.7. The highest BCUT2D eigenvalue weighted by molar-refractivity contribution is 5.76. The molecule has 0 saturated carbocycles. The first-order chi connectivity index (χ1) is 13.9. The van der Waals surface area contributed by atoms with Crippen LogP contribution < -0.4 is 14.8 Å². The van der Waals surface area contributed by atoms with Crippen molar-refractivity contribution >= 4 is 12.4 Å². The number of carbonyl (C=O) groups is 2. The molecule has 0 saturated heterocycles. The van der Waals surface area contributed by atoms with Crippen LogP contribution in [0.1, 0.15) is 31.1 Å². The number of aldehydes is 1. The Labute approximate surface area is 171 Å². The van der Waals surface area contributed by atoms with E-state index in [0.717, 1.165) is 6.29 Å². The molecular formula is C20H31NO8. The monoisotopic (exact) mass is 413 g/mol. The molecule has 0 aromatic heterocycles. The lowest BCUT2D eigenvalue weighted by atomic mass is 10.2. The van der Waals surface area contributed by atoms with Gasteiger partial charge in [-0.3, -0.25) is 4.79 Å². The molecule has 1 amide bonds. The van der Waals surface area contributed by atoms with Crippen LogP contribution in [0.3, 0.4) is 0 Å². The van der Waals surface area contributed by atoms with Crippen molar-refractivity contribution in [1.29, 1.82) is 0 Å². The Morgan fingerprint density at radius 3 is 2.31 bits per heavy atom. The van der Waals surface area contributed by atoms with Crippen molar-refractivity contribution in [3.05, 3.63) is 23.8 Å². The van der Waals surface area contributed by atoms with Crippen LogP contribution >= 0.6 is 0 Å². The van der Waals surface area contributed by atoms with E-state index < -0.39 is 11.7 Å². The SMILES string of the molecule is CC(C)(C)OC(=O)NCCOc1ccc(C=O)cc1OCCOCCOCCO. The predicted molar refractivity (Wildman–Crippen MR) is 106 cm³/mol. The number of nitrogens with one attached hydrogen (secondary N) is 1. The van der Waals surface area contributed by atoms with Gasteiger partial charge in [0.15, 0.2) is 11.5 Å². The molecule has 1 aromatic carbocycles. The van der Waals surface area contributed by atoms with Gasteiger partial charge in [-0.25, -0.2) is 4.79 Å². The van der Waals surface area contributed by atoms with Gasteiger partial charge in [-0.15, -0.1) is 0 Å². The van der Waals surface area contributed by atoms with Crippen LogP contribution in [0.4, 0.5) is 4.79 Å². The quantitative estimate of drug-likeness (QED) is 0.351. The van der Waals surface area contributed by atoms with E-state index >= 15 is 0 Å². The van der Waals surface area contributed by atoms with Gasteiger partial charge < -0.3 is 34.1 Å². The fourth-order valence-electron chi connectivity index (χ4n) is 2.06. The highest BCUT2D eigenvalue weighted by Gasteiger charge is 2.15. The molecule has 1 rings (SSSR count). The number of amides is 1. The third-order valence-electron chi connectivity index (χ3n) is 3.22. The molecule has 164 valence electrons. The van der Waals surface area contributed by atoms with Gasteiger partial charge in [-0.05, 0) is 39.0 Å². The zero-order valence-corrected chi connectivity index (χ0v) is 17.3. The summed E-state index contributed by atoms with van der Waals surface area (Å²) in [6.07, 6.45) is 0.199. The Balaban J connectivity index is 2.40. The molecule has 0 unspecified atom stereocenters. The van der Waals surface area contributed by atoms with E-state index in [1.54, 1.807) is 39.0 Å². The third-order valence-corrected chi connectivity index (χ3v) is 3.22. The molecular weight excluding hydrogens is 382 g/mol. The average molecular weight is 413 g/mol. The maximum absolute atomic E-state index is 11.6. The molecule has 0 aliphatic carbocycles. The van der Waals surface area contributed by atoms with Crippen LogP contribution in [-0.2, 0) is 14.2 Å². The first kappa shape index (κ1) is 24.7. The minimum Gasteiger partial charge on any atom is -0.488 e. The average Bonchev–Trinajstić information content (AvgIpc) is 2.66. The molecule has 0 atom stereocenters. The van der Waals surface area contributed by atoms with E-state index in [4.69, 9.17) is 28.8 Å². The summed E-state index contributed by atoms with van der Waals surface area (Å²) in [6, 6.07) is 4.83. The predicted octanol–water partition coefficient (Wildman–Crippen LogP) is 1.81. The molecule has 0 spiro atoms. The second-order valence-corrected chi connectivity index (χ2v) is 6.90. The molecule has 0 fully saturated rings. The molecule has 0 aliphatic rings. The van der Waals surface area contributed by atoms with Crippen molar-refractivity contribution in [3.8, 4) is 11.5 Å².